The van der Waals surface area contributed by atoms with Crippen molar-refractivity contribution in [2.75, 3.05) is 48.5 Å². The van der Waals surface area contributed by atoms with E-state index in [1.165, 1.54) is 6.20 Å². The summed E-state index contributed by atoms with van der Waals surface area (Å²) in [6.45, 7) is 14.5. The SMILES string of the molecule is CC[C@H](C)[C@@H]([C@@H](CC(=O)N1CCC[C@H]1[C@H](OC)[C@@H](C)C(=O)NCCc1ccc(OP(=O)(O)Oc2cnc3ccccc3c2)cc1)OC)N(C)C(=O)[C@@H](NC(=O)[C@H](C(C)C)N(C)C)C(C)C. The zero-order valence-electron chi connectivity index (χ0n) is 40.4. The summed E-state index contributed by atoms with van der Waals surface area (Å²) < 4.78 is 35.3. The normalized spacial score (nSPS) is 18.3. The van der Waals surface area contributed by atoms with Gasteiger partial charge in [0.1, 0.15) is 11.8 Å². The van der Waals surface area contributed by atoms with Crippen molar-refractivity contribution >= 4 is 42.4 Å². The Morgan fingerprint density at radius 1 is 0.908 bits per heavy atom. The Bertz CT molecular complexity index is 2080. The molecule has 3 aromatic rings. The summed E-state index contributed by atoms with van der Waals surface area (Å²) in [7, 11) is 4.02. The van der Waals surface area contributed by atoms with Crippen LogP contribution < -0.4 is 19.7 Å². The second kappa shape index (κ2) is 24.3. The molecule has 0 saturated carbocycles. The number of likely N-dealkylation sites (N-methyl/N-ethyl adjacent to an activating group) is 2. The van der Waals surface area contributed by atoms with Crippen molar-refractivity contribution in [3.05, 3.63) is 66.4 Å². The second-order valence-corrected chi connectivity index (χ2v) is 19.5. The molecule has 4 rings (SSSR count). The van der Waals surface area contributed by atoms with E-state index in [9.17, 15) is 28.6 Å². The molecule has 0 bridgehead atoms. The lowest BCUT2D eigenvalue weighted by atomic mass is 9.89. The number of para-hydroxylation sites is 1. The standard InChI is InChI=1S/C48H73N6O10P/c1-13-32(6)44(53(10)48(58)42(30(2)3)51-47(57)43(31(4)5)52(8)9)40(61-11)28-41(55)54-26-16-19-39(54)45(62-12)33(7)46(56)49-25-24-34-20-22-36(23-21-34)63-65(59,60)64-37-27-35-17-14-15-18-38(35)50-29-37/h14-15,17-18,20-23,27,29-33,39-40,42-45H,13,16,19,24-26,28H2,1-12H3,(H,49,56)(H,51,57)(H,59,60)/t32-,33+,39-,40+,42-,43-,44-,45+/m0/s1. The van der Waals surface area contributed by atoms with Crippen LogP contribution in [0.25, 0.3) is 10.9 Å². The molecule has 360 valence electrons. The Hall–Kier alpha value is -4.60. The first-order valence-corrected chi connectivity index (χ1v) is 24.2. The van der Waals surface area contributed by atoms with Gasteiger partial charge in [-0.1, -0.05) is 85.2 Å². The molecule has 0 aliphatic carbocycles. The summed E-state index contributed by atoms with van der Waals surface area (Å²) in [5.74, 6) is -1.37. The van der Waals surface area contributed by atoms with E-state index in [1.807, 2.05) is 84.8 Å². The molecule has 1 fully saturated rings. The molecule has 2 heterocycles. The Morgan fingerprint density at radius 3 is 2.17 bits per heavy atom. The molecule has 0 radical (unpaired) electrons. The maximum atomic E-state index is 14.3. The molecular weight excluding hydrogens is 852 g/mol. The van der Waals surface area contributed by atoms with Crippen LogP contribution >= 0.6 is 7.82 Å². The first kappa shape index (κ1) is 53.0. The fourth-order valence-electron chi connectivity index (χ4n) is 9.01. The summed E-state index contributed by atoms with van der Waals surface area (Å²) in [6, 6.07) is 13.5. The van der Waals surface area contributed by atoms with Crippen LogP contribution in [0, 0.1) is 23.7 Å². The fourth-order valence-corrected chi connectivity index (χ4v) is 9.80. The fraction of sp³-hybridized carbons (Fsp3) is 0.604. The van der Waals surface area contributed by atoms with Gasteiger partial charge in [-0.25, -0.2) is 4.57 Å². The minimum absolute atomic E-state index is 0.0139. The second-order valence-electron chi connectivity index (χ2n) is 18.2. The van der Waals surface area contributed by atoms with Crippen LogP contribution in [0.15, 0.2) is 60.8 Å². The Balaban J connectivity index is 1.35. The van der Waals surface area contributed by atoms with E-state index in [1.54, 1.807) is 68.3 Å². The third kappa shape index (κ3) is 14.2. The highest BCUT2D eigenvalue weighted by molar-refractivity contribution is 7.48. The number of ether oxygens (including phenoxy) is 2. The molecule has 17 heteroatoms. The van der Waals surface area contributed by atoms with Gasteiger partial charge in [0.25, 0.3) is 0 Å². The summed E-state index contributed by atoms with van der Waals surface area (Å²) in [4.78, 5) is 75.6. The van der Waals surface area contributed by atoms with Gasteiger partial charge in [0, 0.05) is 39.7 Å². The van der Waals surface area contributed by atoms with E-state index < -0.39 is 44.1 Å². The number of rotatable bonds is 24. The maximum Gasteiger partial charge on any atom is 0.584 e. The number of amides is 4. The van der Waals surface area contributed by atoms with Gasteiger partial charge in [0.15, 0.2) is 5.75 Å². The summed E-state index contributed by atoms with van der Waals surface area (Å²) in [5, 5.41) is 6.79. The van der Waals surface area contributed by atoms with Crippen LogP contribution in [-0.4, -0.2) is 133 Å². The van der Waals surface area contributed by atoms with Crippen molar-refractivity contribution in [3.63, 3.8) is 0 Å². The number of aromatic nitrogens is 1. The van der Waals surface area contributed by atoms with Crippen LogP contribution in [0.2, 0.25) is 0 Å². The number of hydrogen-bond acceptors (Lipinski definition) is 11. The van der Waals surface area contributed by atoms with Gasteiger partial charge in [-0.05, 0) is 80.9 Å². The number of likely N-dealkylation sites (tertiary alicyclic amines) is 1. The number of benzene rings is 2. The van der Waals surface area contributed by atoms with E-state index in [-0.39, 0.29) is 65.3 Å². The van der Waals surface area contributed by atoms with Crippen molar-refractivity contribution in [1.82, 2.24) is 30.3 Å². The number of phosphoric acid groups is 1. The number of methoxy groups -OCH3 is 2. The highest BCUT2D eigenvalue weighted by atomic mass is 31.2. The predicted octanol–water partition coefficient (Wildman–Crippen LogP) is 6.10. The van der Waals surface area contributed by atoms with E-state index in [0.29, 0.717) is 25.9 Å². The first-order chi connectivity index (χ1) is 30.7. The van der Waals surface area contributed by atoms with Crippen LogP contribution in [0.1, 0.15) is 79.7 Å². The Morgan fingerprint density at radius 2 is 1.57 bits per heavy atom. The molecule has 65 heavy (non-hydrogen) atoms. The molecule has 3 N–H and O–H groups in total. The maximum absolute atomic E-state index is 14.3. The lowest BCUT2D eigenvalue weighted by Gasteiger charge is -2.41. The number of hydrogen-bond donors (Lipinski definition) is 3. The third-order valence-corrected chi connectivity index (χ3v) is 13.5. The average molecular weight is 925 g/mol. The largest absolute Gasteiger partial charge is 0.584 e. The van der Waals surface area contributed by atoms with Crippen molar-refractivity contribution < 1.29 is 47.2 Å². The molecule has 1 aliphatic heterocycles. The van der Waals surface area contributed by atoms with E-state index >= 15 is 0 Å². The zero-order chi connectivity index (χ0) is 48.2. The molecular formula is C48H73N6O10P. The minimum Gasteiger partial charge on any atom is -0.395 e. The highest BCUT2D eigenvalue weighted by Crippen LogP contribution is 2.44. The number of nitrogens with zero attached hydrogens (tertiary/aromatic N) is 4. The average Bonchev–Trinajstić information content (AvgIpc) is 3.74. The van der Waals surface area contributed by atoms with Gasteiger partial charge in [-0.2, -0.15) is 0 Å². The monoisotopic (exact) mass is 925 g/mol. The molecule has 1 saturated heterocycles. The Kier molecular flexibility index (Phi) is 19.8. The number of phosphoric ester groups is 1. The molecule has 1 aromatic heterocycles. The van der Waals surface area contributed by atoms with Gasteiger partial charge in [-0.3, -0.25) is 34.0 Å². The van der Waals surface area contributed by atoms with Gasteiger partial charge < -0.3 is 39.0 Å². The van der Waals surface area contributed by atoms with Crippen LogP contribution in [-0.2, 0) is 39.6 Å². The van der Waals surface area contributed by atoms with Gasteiger partial charge >= 0.3 is 7.82 Å². The van der Waals surface area contributed by atoms with Crippen molar-refractivity contribution in [2.45, 2.75) is 117 Å². The molecule has 1 aliphatic rings. The van der Waals surface area contributed by atoms with Crippen molar-refractivity contribution in [2.24, 2.45) is 23.7 Å². The topological polar surface area (TPSA) is 189 Å². The van der Waals surface area contributed by atoms with Crippen molar-refractivity contribution in [1.29, 1.82) is 0 Å². The summed E-state index contributed by atoms with van der Waals surface area (Å²) in [5.41, 5.74) is 1.58. The number of carbonyl (C=O) groups is 4. The summed E-state index contributed by atoms with van der Waals surface area (Å²) >= 11 is 0. The molecule has 0 spiro atoms. The third-order valence-electron chi connectivity index (χ3n) is 12.6. The summed E-state index contributed by atoms with van der Waals surface area (Å²) in [6.07, 6.45) is 2.76. The molecule has 2 aromatic carbocycles. The van der Waals surface area contributed by atoms with E-state index in [0.717, 1.165) is 29.3 Å². The highest BCUT2D eigenvalue weighted by Gasteiger charge is 2.43. The molecule has 16 nitrogen and oxygen atoms in total. The minimum atomic E-state index is -4.52. The lowest BCUT2D eigenvalue weighted by molar-refractivity contribution is -0.148. The molecule has 9 atom stereocenters. The first-order valence-electron chi connectivity index (χ1n) is 22.7. The number of carbonyl (C=O) groups excluding carboxylic acids is 4. The Labute approximate surface area is 385 Å². The van der Waals surface area contributed by atoms with Crippen LogP contribution in [0.3, 0.4) is 0 Å². The quantitative estimate of drug-likeness (QED) is 0.0878. The van der Waals surface area contributed by atoms with Crippen molar-refractivity contribution in [3.8, 4) is 11.5 Å². The number of fused-ring (bicyclic) bond motifs is 1. The van der Waals surface area contributed by atoms with E-state index in [2.05, 4.69) is 15.6 Å². The molecule has 1 unspecified atom stereocenters. The predicted molar refractivity (Wildman–Crippen MR) is 251 cm³/mol. The van der Waals surface area contributed by atoms with Crippen LogP contribution in [0.5, 0.6) is 11.5 Å². The molecule has 4 amide bonds. The smallest absolute Gasteiger partial charge is 0.395 e. The zero-order valence-corrected chi connectivity index (χ0v) is 41.2. The van der Waals surface area contributed by atoms with Gasteiger partial charge in [0.2, 0.25) is 23.6 Å². The lowest BCUT2D eigenvalue weighted by Crippen LogP contribution is -2.59. The number of pyridine rings is 1. The van der Waals surface area contributed by atoms with Gasteiger partial charge in [0.05, 0.1) is 54.4 Å². The van der Waals surface area contributed by atoms with Crippen LogP contribution in [0.4, 0.5) is 0 Å². The van der Waals surface area contributed by atoms with Gasteiger partial charge in [-0.15, -0.1) is 0 Å². The number of nitrogens with one attached hydrogen (secondary N) is 2. The van der Waals surface area contributed by atoms with E-state index in [4.69, 9.17) is 18.5 Å².